The molecule has 7 heavy (non-hydrogen) atoms. The monoisotopic (exact) mass is 147 g/mol. The molecule has 0 aromatic rings. The molecule has 0 aromatic heterocycles. The Labute approximate surface area is 48.9 Å². The molecule has 1 rings (SSSR count). The summed E-state index contributed by atoms with van der Waals surface area (Å²) in [4.78, 5) is 0. The summed E-state index contributed by atoms with van der Waals surface area (Å²) in [6.45, 7) is 1.95. The molecule has 1 aliphatic heterocycles. The van der Waals surface area contributed by atoms with Gasteiger partial charge in [0.05, 0.1) is 0 Å². The summed E-state index contributed by atoms with van der Waals surface area (Å²) >= 11 is 0. The van der Waals surface area contributed by atoms with E-state index in [9.17, 15) is 0 Å². The van der Waals surface area contributed by atoms with Crippen LogP contribution in [0.4, 0.5) is 0 Å². The first-order valence-corrected chi connectivity index (χ1v) is 5.17. The normalized spacial score (nSPS) is 25.3. The predicted octanol–water partition coefficient (Wildman–Crippen LogP) is -0.764. The maximum absolute atomic E-state index is 4.97. The number of hydrogen-bond donors (Lipinski definition) is 0. The van der Waals surface area contributed by atoms with Gasteiger partial charge in [-0.05, 0) is 6.55 Å². The molecule has 3 nitrogen and oxygen atoms in total. The van der Waals surface area contributed by atoms with Crippen LogP contribution >= 0.6 is 0 Å². The molecule has 1 fully saturated rings. The lowest BCUT2D eigenvalue weighted by molar-refractivity contribution is 0.328. The van der Waals surface area contributed by atoms with Crippen molar-refractivity contribution in [1.29, 1.82) is 0 Å². The highest BCUT2D eigenvalue weighted by molar-refractivity contribution is 6.60. The average molecular weight is 147 g/mol. The molecule has 1 saturated heterocycles. The molecule has 1 aliphatic rings. The third kappa shape index (κ3) is 1.84. The van der Waals surface area contributed by atoms with Crippen molar-refractivity contribution < 1.29 is 12.3 Å². The van der Waals surface area contributed by atoms with Crippen LogP contribution in [0, 0.1) is 0 Å². The molecule has 0 aliphatic carbocycles. The van der Waals surface area contributed by atoms with E-state index in [1.165, 1.54) is 0 Å². The van der Waals surface area contributed by atoms with Gasteiger partial charge in [0, 0.05) is 0 Å². The summed E-state index contributed by atoms with van der Waals surface area (Å²) in [6.07, 6.45) is 0. The Kier molecular flexibility index (Phi) is 2.22. The largest absolute Gasteiger partial charge is 0.413 e. The van der Waals surface area contributed by atoms with Gasteiger partial charge in [-0.1, -0.05) is 0 Å². The zero-order valence-electron chi connectivity index (χ0n) is 3.72. The molecule has 0 amide bonds. The SMILES string of the molecule is C[Si]1O[Si]O[Si]O1. The average Bonchev–Trinajstić information content (AvgIpc) is 1.69. The van der Waals surface area contributed by atoms with Crippen molar-refractivity contribution in [3.05, 3.63) is 0 Å². The molecule has 37 valence electrons. The number of rotatable bonds is 0. The zero-order valence-corrected chi connectivity index (χ0v) is 6.72. The summed E-state index contributed by atoms with van der Waals surface area (Å²) in [5, 5.41) is 0. The fourth-order valence-corrected chi connectivity index (χ4v) is 2.90. The van der Waals surface area contributed by atoms with Gasteiger partial charge in [-0.15, -0.1) is 0 Å². The van der Waals surface area contributed by atoms with Gasteiger partial charge in [0.25, 0.3) is 0 Å². The van der Waals surface area contributed by atoms with E-state index in [0.29, 0.717) is 0 Å². The number of hydrogen-bond acceptors (Lipinski definition) is 3. The Bertz CT molecular complexity index is 52.1. The topological polar surface area (TPSA) is 27.7 Å². The molecule has 5 radical (unpaired) electrons. The van der Waals surface area contributed by atoms with E-state index in [2.05, 4.69) is 0 Å². The van der Waals surface area contributed by atoms with Crippen LogP contribution in [0.5, 0.6) is 0 Å². The molecule has 6 heteroatoms. The Hall–Kier alpha value is 0.531. The van der Waals surface area contributed by atoms with E-state index in [0.717, 1.165) is 0 Å². The second kappa shape index (κ2) is 2.75. The fourth-order valence-electron chi connectivity index (χ4n) is 0.197. The van der Waals surface area contributed by atoms with E-state index in [-0.39, 0.29) is 20.0 Å². The van der Waals surface area contributed by atoms with Crippen LogP contribution in [-0.4, -0.2) is 29.3 Å². The van der Waals surface area contributed by atoms with E-state index >= 15 is 0 Å². The van der Waals surface area contributed by atoms with Gasteiger partial charge in [0.15, 0.2) is 0 Å². The van der Waals surface area contributed by atoms with Crippen LogP contribution in [-0.2, 0) is 12.3 Å². The molecular formula is CH3O3Si3. The summed E-state index contributed by atoms with van der Waals surface area (Å²) in [6, 6.07) is 0. The van der Waals surface area contributed by atoms with Crippen molar-refractivity contribution >= 4 is 29.3 Å². The molecule has 0 aromatic carbocycles. The fraction of sp³-hybridized carbons (Fsp3) is 1.00. The Morgan fingerprint density at radius 3 is 2.14 bits per heavy atom. The van der Waals surface area contributed by atoms with Crippen molar-refractivity contribution in [3.63, 3.8) is 0 Å². The van der Waals surface area contributed by atoms with Crippen LogP contribution < -0.4 is 0 Å². The maximum atomic E-state index is 4.97. The first-order valence-electron chi connectivity index (χ1n) is 1.72. The van der Waals surface area contributed by atoms with Gasteiger partial charge >= 0.3 is 29.3 Å². The zero-order chi connectivity index (χ0) is 5.11. The minimum Gasteiger partial charge on any atom is -0.413 e. The van der Waals surface area contributed by atoms with Gasteiger partial charge < -0.3 is 12.3 Å². The van der Waals surface area contributed by atoms with Crippen molar-refractivity contribution in [2.45, 2.75) is 6.55 Å². The molecule has 0 N–H and O–H groups in total. The molecular weight excluding hydrogens is 144 g/mol. The minimum atomic E-state index is -0.893. The van der Waals surface area contributed by atoms with Gasteiger partial charge in [-0.3, -0.25) is 0 Å². The van der Waals surface area contributed by atoms with Crippen molar-refractivity contribution in [1.82, 2.24) is 0 Å². The molecule has 0 saturated carbocycles. The lowest BCUT2D eigenvalue weighted by Crippen LogP contribution is -2.32. The lowest BCUT2D eigenvalue weighted by Gasteiger charge is -2.13. The Balaban J connectivity index is 2.12. The molecule has 0 atom stereocenters. The Morgan fingerprint density at radius 1 is 1.29 bits per heavy atom. The van der Waals surface area contributed by atoms with Gasteiger partial charge in [0.1, 0.15) is 0 Å². The molecule has 0 bridgehead atoms. The van der Waals surface area contributed by atoms with E-state index in [1.54, 1.807) is 0 Å². The minimum absolute atomic E-state index is 0.215. The summed E-state index contributed by atoms with van der Waals surface area (Å²) in [5.74, 6) is 0. The van der Waals surface area contributed by atoms with Crippen LogP contribution in [0.2, 0.25) is 6.55 Å². The summed E-state index contributed by atoms with van der Waals surface area (Å²) in [5.41, 5.74) is 0. The first kappa shape index (κ1) is 5.66. The van der Waals surface area contributed by atoms with Crippen LogP contribution in [0.15, 0.2) is 0 Å². The third-order valence-electron chi connectivity index (χ3n) is 0.454. The quantitative estimate of drug-likeness (QED) is 0.421. The van der Waals surface area contributed by atoms with Gasteiger partial charge in [-0.25, -0.2) is 0 Å². The van der Waals surface area contributed by atoms with Crippen LogP contribution in [0.3, 0.4) is 0 Å². The maximum Gasteiger partial charge on any atom is 0.412 e. The Morgan fingerprint density at radius 2 is 1.86 bits per heavy atom. The highest BCUT2D eigenvalue weighted by atomic mass is 28.4. The molecule has 0 unspecified atom stereocenters. The van der Waals surface area contributed by atoms with Crippen LogP contribution in [0.25, 0.3) is 0 Å². The van der Waals surface area contributed by atoms with Crippen LogP contribution in [0.1, 0.15) is 0 Å². The van der Waals surface area contributed by atoms with Crippen molar-refractivity contribution in [2.75, 3.05) is 0 Å². The lowest BCUT2D eigenvalue weighted by atomic mass is 11.9. The highest BCUT2D eigenvalue weighted by Gasteiger charge is 2.15. The first-order chi connectivity index (χ1) is 3.39. The summed E-state index contributed by atoms with van der Waals surface area (Å²) < 4.78 is 14.7. The van der Waals surface area contributed by atoms with Crippen molar-refractivity contribution in [2.24, 2.45) is 0 Å². The third-order valence-corrected chi connectivity index (χ3v) is 4.09. The smallest absolute Gasteiger partial charge is 0.412 e. The molecule has 1 heterocycles. The second-order valence-electron chi connectivity index (χ2n) is 0.964. The second-order valence-corrected chi connectivity index (χ2v) is 4.73. The van der Waals surface area contributed by atoms with E-state index < -0.39 is 9.28 Å². The summed E-state index contributed by atoms with van der Waals surface area (Å²) in [7, 11) is -0.464. The standard InChI is InChI=1S/CH3O3Si3/c1-7-3-5-2-6-4-7/h1H3. The van der Waals surface area contributed by atoms with Gasteiger partial charge in [0.2, 0.25) is 0 Å². The molecule has 0 spiro atoms. The van der Waals surface area contributed by atoms with E-state index in [4.69, 9.17) is 12.3 Å². The predicted molar refractivity (Wildman–Crippen MR) is 26.4 cm³/mol. The van der Waals surface area contributed by atoms with Crippen molar-refractivity contribution in [3.8, 4) is 0 Å². The van der Waals surface area contributed by atoms with Gasteiger partial charge in [-0.2, -0.15) is 0 Å². The highest BCUT2D eigenvalue weighted by Crippen LogP contribution is 1.91. The van der Waals surface area contributed by atoms with E-state index in [1.807, 2.05) is 6.55 Å².